The van der Waals surface area contributed by atoms with Crippen LogP contribution in [0.3, 0.4) is 0 Å². The van der Waals surface area contributed by atoms with Crippen molar-refractivity contribution >= 4 is 11.7 Å². The first kappa shape index (κ1) is 17.0. The van der Waals surface area contributed by atoms with Crippen molar-refractivity contribution in [3.63, 3.8) is 0 Å². The van der Waals surface area contributed by atoms with Gasteiger partial charge < -0.3 is 21.1 Å². The van der Waals surface area contributed by atoms with Gasteiger partial charge in [-0.3, -0.25) is 10.2 Å². The molecule has 0 spiro atoms. The molecule has 3 rings (SSSR count). The lowest BCUT2D eigenvalue weighted by Crippen LogP contribution is -2.39. The Balaban J connectivity index is 1.50. The minimum absolute atomic E-state index is 0.00756. The Hall–Kier alpha value is -2.86. The second kappa shape index (κ2) is 7.81. The van der Waals surface area contributed by atoms with Crippen molar-refractivity contribution in [3.05, 3.63) is 65.7 Å². The number of rotatable bonds is 6. The Labute approximate surface area is 146 Å². The van der Waals surface area contributed by atoms with Crippen molar-refractivity contribution in [2.45, 2.75) is 25.1 Å². The van der Waals surface area contributed by atoms with E-state index in [4.69, 9.17) is 15.9 Å². The summed E-state index contributed by atoms with van der Waals surface area (Å²) in [5.41, 5.74) is 7.19. The van der Waals surface area contributed by atoms with E-state index in [1.165, 1.54) is 0 Å². The lowest BCUT2D eigenvalue weighted by molar-refractivity contribution is -0.123. The summed E-state index contributed by atoms with van der Waals surface area (Å²) in [5, 5.41) is 13.6. The van der Waals surface area contributed by atoms with Crippen LogP contribution in [0.5, 0.6) is 5.75 Å². The molecule has 5 N–H and O–H groups in total. The molecule has 0 unspecified atom stereocenters. The van der Waals surface area contributed by atoms with E-state index >= 15 is 0 Å². The summed E-state index contributed by atoms with van der Waals surface area (Å²) in [5.74, 6) is 0.644. The molecule has 1 amide bonds. The van der Waals surface area contributed by atoms with Crippen molar-refractivity contribution in [3.8, 4) is 5.75 Å². The smallest absolute Gasteiger partial charge is 0.237 e. The SMILES string of the molecule is N=C(N)c1cccc(O[C@H]2CN[C@H](C(=O)NCc3ccccc3)C2)c1. The van der Waals surface area contributed by atoms with Crippen LogP contribution >= 0.6 is 0 Å². The first-order valence-electron chi connectivity index (χ1n) is 8.28. The van der Waals surface area contributed by atoms with Gasteiger partial charge in [-0.05, 0) is 17.7 Å². The van der Waals surface area contributed by atoms with Gasteiger partial charge in [0.15, 0.2) is 0 Å². The first-order chi connectivity index (χ1) is 12.1. The molecule has 0 radical (unpaired) electrons. The number of ether oxygens (including phenoxy) is 1. The molecule has 1 aliphatic heterocycles. The van der Waals surface area contributed by atoms with E-state index in [1.807, 2.05) is 36.4 Å². The van der Waals surface area contributed by atoms with Gasteiger partial charge in [0, 0.05) is 25.1 Å². The van der Waals surface area contributed by atoms with Crippen LogP contribution < -0.4 is 21.1 Å². The average Bonchev–Trinajstić information content (AvgIpc) is 3.09. The highest BCUT2D eigenvalue weighted by Crippen LogP contribution is 2.19. The van der Waals surface area contributed by atoms with Gasteiger partial charge in [0.2, 0.25) is 5.91 Å². The fraction of sp³-hybridized carbons (Fsp3) is 0.263. The zero-order chi connectivity index (χ0) is 17.6. The van der Waals surface area contributed by atoms with Crippen molar-refractivity contribution in [1.82, 2.24) is 10.6 Å². The second-order valence-corrected chi connectivity index (χ2v) is 6.08. The van der Waals surface area contributed by atoms with Crippen molar-refractivity contribution < 1.29 is 9.53 Å². The number of amidine groups is 1. The zero-order valence-corrected chi connectivity index (χ0v) is 13.9. The predicted octanol–water partition coefficient (Wildman–Crippen LogP) is 1.40. The Bertz CT molecular complexity index is 748. The number of hydrogen-bond acceptors (Lipinski definition) is 4. The topological polar surface area (TPSA) is 100 Å². The number of carbonyl (C=O) groups is 1. The number of carbonyl (C=O) groups excluding carboxylic acids is 1. The van der Waals surface area contributed by atoms with Gasteiger partial charge in [-0.1, -0.05) is 42.5 Å². The minimum atomic E-state index is -0.260. The van der Waals surface area contributed by atoms with Gasteiger partial charge in [-0.25, -0.2) is 0 Å². The number of nitrogens with two attached hydrogens (primary N) is 1. The third kappa shape index (κ3) is 4.58. The summed E-state index contributed by atoms with van der Waals surface area (Å²) in [7, 11) is 0. The Kier molecular flexibility index (Phi) is 5.30. The molecule has 1 heterocycles. The monoisotopic (exact) mass is 338 g/mol. The molecule has 2 aromatic carbocycles. The molecular weight excluding hydrogens is 316 g/mol. The molecule has 1 fully saturated rings. The van der Waals surface area contributed by atoms with Crippen LogP contribution in [0.25, 0.3) is 0 Å². The highest BCUT2D eigenvalue weighted by molar-refractivity contribution is 5.95. The van der Waals surface area contributed by atoms with Gasteiger partial charge in [0.05, 0.1) is 6.04 Å². The standard InChI is InChI=1S/C19H22N4O2/c20-18(21)14-7-4-8-15(9-14)25-16-10-17(22-12-16)19(24)23-11-13-5-2-1-3-6-13/h1-9,16-17,22H,10-12H2,(H3,20,21)(H,23,24)/t16-,17+/m1/s1. The molecule has 2 aromatic rings. The number of hydrogen-bond donors (Lipinski definition) is 4. The third-order valence-corrected chi connectivity index (χ3v) is 4.16. The van der Waals surface area contributed by atoms with E-state index in [0.717, 1.165) is 5.56 Å². The van der Waals surface area contributed by atoms with Gasteiger partial charge in [-0.15, -0.1) is 0 Å². The molecule has 0 bridgehead atoms. The molecule has 0 aliphatic carbocycles. The van der Waals surface area contributed by atoms with E-state index in [-0.39, 0.29) is 23.9 Å². The molecule has 25 heavy (non-hydrogen) atoms. The van der Waals surface area contributed by atoms with Gasteiger partial charge in [0.1, 0.15) is 17.7 Å². The Morgan fingerprint density at radius 1 is 1.24 bits per heavy atom. The van der Waals surface area contributed by atoms with Gasteiger partial charge >= 0.3 is 0 Å². The van der Waals surface area contributed by atoms with Crippen LogP contribution in [0.2, 0.25) is 0 Å². The maximum absolute atomic E-state index is 12.3. The summed E-state index contributed by atoms with van der Waals surface area (Å²) in [6.45, 7) is 1.12. The quantitative estimate of drug-likeness (QED) is 0.472. The van der Waals surface area contributed by atoms with E-state index in [1.54, 1.807) is 18.2 Å². The summed E-state index contributed by atoms with van der Waals surface area (Å²) in [6, 6.07) is 16.7. The lowest BCUT2D eigenvalue weighted by Gasteiger charge is -2.14. The number of benzene rings is 2. The van der Waals surface area contributed by atoms with Crippen LogP contribution in [-0.2, 0) is 11.3 Å². The van der Waals surface area contributed by atoms with Gasteiger partial charge in [0.25, 0.3) is 0 Å². The molecule has 1 aliphatic rings. The molecular formula is C19H22N4O2. The molecule has 0 saturated carbocycles. The van der Waals surface area contributed by atoms with Crippen molar-refractivity contribution in [2.24, 2.45) is 5.73 Å². The fourth-order valence-corrected chi connectivity index (χ4v) is 2.83. The molecule has 2 atom stereocenters. The third-order valence-electron chi connectivity index (χ3n) is 4.16. The maximum atomic E-state index is 12.3. The minimum Gasteiger partial charge on any atom is -0.489 e. The van der Waals surface area contributed by atoms with Crippen LogP contribution in [0, 0.1) is 5.41 Å². The number of nitrogens with one attached hydrogen (secondary N) is 3. The summed E-state index contributed by atoms with van der Waals surface area (Å²) in [4.78, 5) is 12.3. The van der Waals surface area contributed by atoms with E-state index in [9.17, 15) is 4.79 Å². The van der Waals surface area contributed by atoms with Crippen LogP contribution in [0.15, 0.2) is 54.6 Å². The summed E-state index contributed by atoms with van der Waals surface area (Å²) in [6.07, 6.45) is 0.514. The number of amides is 1. The highest BCUT2D eigenvalue weighted by Gasteiger charge is 2.30. The molecule has 0 aromatic heterocycles. The Morgan fingerprint density at radius 3 is 2.80 bits per heavy atom. The molecule has 1 saturated heterocycles. The molecule has 6 heteroatoms. The normalized spacial score (nSPS) is 19.4. The molecule has 130 valence electrons. The van der Waals surface area contributed by atoms with Crippen molar-refractivity contribution in [1.29, 1.82) is 5.41 Å². The average molecular weight is 338 g/mol. The number of nitrogen functional groups attached to an aromatic ring is 1. The molecule has 6 nitrogen and oxygen atoms in total. The predicted molar refractivity (Wildman–Crippen MR) is 96.6 cm³/mol. The Morgan fingerprint density at radius 2 is 2.04 bits per heavy atom. The van der Waals surface area contributed by atoms with Crippen LogP contribution in [0.4, 0.5) is 0 Å². The van der Waals surface area contributed by atoms with E-state index in [0.29, 0.717) is 30.8 Å². The highest BCUT2D eigenvalue weighted by atomic mass is 16.5. The van der Waals surface area contributed by atoms with Crippen LogP contribution in [-0.4, -0.2) is 30.4 Å². The lowest BCUT2D eigenvalue weighted by atomic mass is 10.1. The zero-order valence-electron chi connectivity index (χ0n) is 13.9. The summed E-state index contributed by atoms with van der Waals surface area (Å²) >= 11 is 0. The first-order valence-corrected chi connectivity index (χ1v) is 8.28. The fourth-order valence-electron chi connectivity index (χ4n) is 2.83. The van der Waals surface area contributed by atoms with Crippen LogP contribution in [0.1, 0.15) is 17.5 Å². The maximum Gasteiger partial charge on any atom is 0.237 e. The van der Waals surface area contributed by atoms with Gasteiger partial charge in [-0.2, -0.15) is 0 Å². The van der Waals surface area contributed by atoms with E-state index in [2.05, 4.69) is 10.6 Å². The van der Waals surface area contributed by atoms with E-state index < -0.39 is 0 Å². The largest absolute Gasteiger partial charge is 0.489 e. The second-order valence-electron chi connectivity index (χ2n) is 6.08. The van der Waals surface area contributed by atoms with Crippen molar-refractivity contribution in [2.75, 3.05) is 6.54 Å². The summed E-state index contributed by atoms with van der Waals surface area (Å²) < 4.78 is 5.91.